The van der Waals surface area contributed by atoms with Gasteiger partial charge in [-0.3, -0.25) is 19.7 Å². The first-order chi connectivity index (χ1) is 10.4. The van der Waals surface area contributed by atoms with Gasteiger partial charge in [-0.2, -0.15) is 5.10 Å². The Balaban J connectivity index is 2.52. The Morgan fingerprint density at radius 1 is 1.36 bits per heavy atom. The highest BCUT2D eigenvalue weighted by atomic mass is 16.6. The topological polar surface area (TPSA) is 115 Å². The number of rotatable bonds is 5. The fourth-order valence-electron chi connectivity index (χ4n) is 2.00. The number of non-ortho nitro benzene ring substituents is 1. The Kier molecular flexibility index (Phi) is 4.31. The Bertz CT molecular complexity index is 780. The van der Waals surface area contributed by atoms with Crippen molar-refractivity contribution in [1.29, 1.82) is 0 Å². The van der Waals surface area contributed by atoms with Crippen LogP contribution >= 0.6 is 0 Å². The van der Waals surface area contributed by atoms with E-state index in [1.807, 2.05) is 0 Å². The molecule has 2 aromatic rings. The summed E-state index contributed by atoms with van der Waals surface area (Å²) in [6, 6.07) is 7.08. The average Bonchev–Trinajstić information content (AvgIpc) is 2.49. The molecule has 1 aromatic carbocycles. The molecule has 1 heterocycles. The minimum atomic E-state index is -1.11. The van der Waals surface area contributed by atoms with Gasteiger partial charge in [0.15, 0.2) is 0 Å². The molecule has 114 valence electrons. The predicted molar refractivity (Wildman–Crippen MR) is 77.6 cm³/mol. The van der Waals surface area contributed by atoms with E-state index in [2.05, 4.69) is 5.10 Å². The molecule has 0 saturated heterocycles. The Hall–Kier alpha value is -3.03. The van der Waals surface area contributed by atoms with E-state index in [0.29, 0.717) is 17.8 Å². The zero-order chi connectivity index (χ0) is 16.3. The first-order valence-corrected chi connectivity index (χ1v) is 6.50. The monoisotopic (exact) mass is 303 g/mol. The third kappa shape index (κ3) is 3.17. The zero-order valence-electron chi connectivity index (χ0n) is 11.7. The lowest BCUT2D eigenvalue weighted by Gasteiger charge is -2.08. The summed E-state index contributed by atoms with van der Waals surface area (Å²) in [6.45, 7) is 2.02. The fraction of sp³-hybridized carbons (Fsp3) is 0.214. The SMILES string of the molecule is CCn1nc(-c2ccc([N+](=O)[O-])cc2)cc(CC(=O)O)c1=O. The molecule has 2 rings (SSSR count). The van der Waals surface area contributed by atoms with Crippen LogP contribution in [0.4, 0.5) is 5.69 Å². The van der Waals surface area contributed by atoms with Crippen molar-refractivity contribution >= 4 is 11.7 Å². The van der Waals surface area contributed by atoms with Crippen LogP contribution in [0.5, 0.6) is 0 Å². The Morgan fingerprint density at radius 3 is 2.50 bits per heavy atom. The summed E-state index contributed by atoms with van der Waals surface area (Å²) in [5.74, 6) is -1.11. The van der Waals surface area contributed by atoms with E-state index in [1.165, 1.54) is 35.0 Å². The van der Waals surface area contributed by atoms with E-state index in [1.54, 1.807) is 6.92 Å². The van der Waals surface area contributed by atoms with Crippen LogP contribution in [0.3, 0.4) is 0 Å². The number of carbonyl (C=O) groups is 1. The minimum absolute atomic E-state index is 0.0571. The molecular weight excluding hydrogens is 290 g/mol. The largest absolute Gasteiger partial charge is 0.481 e. The molecule has 0 atom stereocenters. The number of hydrogen-bond acceptors (Lipinski definition) is 5. The Labute approximate surface area is 124 Å². The number of benzene rings is 1. The molecule has 0 spiro atoms. The van der Waals surface area contributed by atoms with Crippen molar-refractivity contribution in [3.8, 4) is 11.3 Å². The smallest absolute Gasteiger partial charge is 0.308 e. The van der Waals surface area contributed by atoms with Gasteiger partial charge in [0, 0.05) is 29.8 Å². The van der Waals surface area contributed by atoms with Gasteiger partial charge < -0.3 is 5.11 Å². The van der Waals surface area contributed by atoms with E-state index in [0.717, 1.165) is 0 Å². The summed E-state index contributed by atoms with van der Waals surface area (Å²) in [4.78, 5) is 33.0. The molecule has 0 saturated carbocycles. The first kappa shape index (κ1) is 15.4. The van der Waals surface area contributed by atoms with Crippen LogP contribution in [-0.2, 0) is 17.8 Å². The van der Waals surface area contributed by atoms with Crippen molar-refractivity contribution < 1.29 is 14.8 Å². The maximum absolute atomic E-state index is 12.0. The molecule has 1 aromatic heterocycles. The lowest BCUT2D eigenvalue weighted by Crippen LogP contribution is -2.27. The molecule has 0 bridgehead atoms. The van der Waals surface area contributed by atoms with Crippen LogP contribution in [0.25, 0.3) is 11.3 Å². The number of nitro groups is 1. The summed E-state index contributed by atoms with van der Waals surface area (Å²) in [5, 5.41) is 23.7. The maximum Gasteiger partial charge on any atom is 0.308 e. The van der Waals surface area contributed by atoms with Gasteiger partial charge in [-0.25, -0.2) is 4.68 Å². The second-order valence-electron chi connectivity index (χ2n) is 4.55. The number of nitro benzene ring substituents is 1. The molecule has 0 aliphatic rings. The number of aromatic nitrogens is 2. The van der Waals surface area contributed by atoms with Gasteiger partial charge in [-0.1, -0.05) is 0 Å². The third-order valence-corrected chi connectivity index (χ3v) is 3.06. The van der Waals surface area contributed by atoms with Crippen LogP contribution in [0.15, 0.2) is 35.1 Å². The standard InChI is InChI=1S/C14H13N3O5/c1-2-16-14(20)10(8-13(18)19)7-12(15-16)9-3-5-11(6-4-9)17(21)22/h3-7H,2,8H2,1H3,(H,18,19). The van der Waals surface area contributed by atoms with Crippen molar-refractivity contribution in [3.63, 3.8) is 0 Å². The summed E-state index contributed by atoms with van der Waals surface area (Å²) in [6.07, 6.45) is -0.401. The molecule has 22 heavy (non-hydrogen) atoms. The first-order valence-electron chi connectivity index (χ1n) is 6.50. The molecule has 8 heteroatoms. The number of nitrogens with zero attached hydrogens (tertiary/aromatic N) is 3. The Morgan fingerprint density at radius 2 is 2.00 bits per heavy atom. The van der Waals surface area contributed by atoms with E-state index in [9.17, 15) is 19.7 Å². The van der Waals surface area contributed by atoms with Crippen LogP contribution in [-0.4, -0.2) is 25.8 Å². The second kappa shape index (κ2) is 6.17. The van der Waals surface area contributed by atoms with Gasteiger partial charge in [-0.05, 0) is 25.1 Å². The molecule has 0 aliphatic heterocycles. The molecule has 0 fully saturated rings. The normalized spacial score (nSPS) is 10.4. The van der Waals surface area contributed by atoms with Gasteiger partial charge in [-0.15, -0.1) is 0 Å². The van der Waals surface area contributed by atoms with Gasteiger partial charge >= 0.3 is 5.97 Å². The summed E-state index contributed by atoms with van der Waals surface area (Å²) >= 11 is 0. The summed E-state index contributed by atoms with van der Waals surface area (Å²) < 4.78 is 1.18. The van der Waals surface area contributed by atoms with Crippen LogP contribution in [0.2, 0.25) is 0 Å². The van der Waals surface area contributed by atoms with E-state index >= 15 is 0 Å². The summed E-state index contributed by atoms with van der Waals surface area (Å²) in [7, 11) is 0. The van der Waals surface area contributed by atoms with E-state index < -0.39 is 22.9 Å². The third-order valence-electron chi connectivity index (χ3n) is 3.06. The summed E-state index contributed by atoms with van der Waals surface area (Å²) in [5.41, 5.74) is 0.582. The van der Waals surface area contributed by atoms with Gasteiger partial charge in [0.2, 0.25) is 0 Å². The lowest BCUT2D eigenvalue weighted by atomic mass is 10.1. The van der Waals surface area contributed by atoms with E-state index in [-0.39, 0.29) is 11.3 Å². The van der Waals surface area contributed by atoms with Crippen LogP contribution < -0.4 is 5.56 Å². The van der Waals surface area contributed by atoms with Crippen LogP contribution in [0, 0.1) is 10.1 Å². The predicted octanol–water partition coefficient (Wildman–Crippen LogP) is 1.47. The minimum Gasteiger partial charge on any atom is -0.481 e. The van der Waals surface area contributed by atoms with Gasteiger partial charge in [0.1, 0.15) is 0 Å². The molecule has 1 N–H and O–H groups in total. The highest BCUT2D eigenvalue weighted by Crippen LogP contribution is 2.20. The molecule has 0 aliphatic carbocycles. The quantitative estimate of drug-likeness (QED) is 0.660. The zero-order valence-corrected chi connectivity index (χ0v) is 11.7. The number of aliphatic carboxylic acids is 1. The molecule has 0 amide bonds. The highest BCUT2D eigenvalue weighted by molar-refractivity contribution is 5.71. The average molecular weight is 303 g/mol. The van der Waals surface area contributed by atoms with Crippen molar-refractivity contribution in [2.75, 3.05) is 0 Å². The number of aryl methyl sites for hydroxylation is 1. The molecule has 8 nitrogen and oxygen atoms in total. The number of hydrogen-bond donors (Lipinski definition) is 1. The maximum atomic E-state index is 12.0. The van der Waals surface area contributed by atoms with Gasteiger partial charge in [0.25, 0.3) is 11.2 Å². The van der Waals surface area contributed by atoms with Crippen LogP contribution in [0.1, 0.15) is 12.5 Å². The van der Waals surface area contributed by atoms with E-state index in [4.69, 9.17) is 5.11 Å². The highest BCUT2D eigenvalue weighted by Gasteiger charge is 2.13. The van der Waals surface area contributed by atoms with Crippen molar-refractivity contribution in [2.45, 2.75) is 19.9 Å². The van der Waals surface area contributed by atoms with Crippen molar-refractivity contribution in [3.05, 3.63) is 56.4 Å². The molecular formula is C14H13N3O5. The van der Waals surface area contributed by atoms with Crippen molar-refractivity contribution in [2.24, 2.45) is 0 Å². The number of carboxylic acids is 1. The number of carboxylic acid groups (broad SMARTS) is 1. The fourth-order valence-corrected chi connectivity index (χ4v) is 2.00. The van der Waals surface area contributed by atoms with Crippen molar-refractivity contribution in [1.82, 2.24) is 9.78 Å². The van der Waals surface area contributed by atoms with Gasteiger partial charge in [0.05, 0.1) is 17.0 Å². The second-order valence-corrected chi connectivity index (χ2v) is 4.55. The lowest BCUT2D eigenvalue weighted by molar-refractivity contribution is -0.384. The molecule has 0 unspecified atom stereocenters. The molecule has 0 radical (unpaired) electrons.